The molecule has 1 aliphatic heterocycles. The first-order valence-corrected chi connectivity index (χ1v) is 14.2. The summed E-state index contributed by atoms with van der Waals surface area (Å²) in [6, 6.07) is 10.4. The van der Waals surface area contributed by atoms with Crippen molar-refractivity contribution in [2.45, 2.75) is 68.8 Å². The van der Waals surface area contributed by atoms with Gasteiger partial charge in [0.05, 0.1) is 16.7 Å². The van der Waals surface area contributed by atoms with Crippen LogP contribution in [0.25, 0.3) is 0 Å². The lowest BCUT2D eigenvalue weighted by Crippen LogP contribution is -2.49. The van der Waals surface area contributed by atoms with Gasteiger partial charge >= 0.3 is 0 Å². The number of nitrogens with two attached hydrogens (primary N) is 1. The first-order valence-electron chi connectivity index (χ1n) is 11.2. The van der Waals surface area contributed by atoms with E-state index in [1.165, 1.54) is 13.3 Å². The van der Waals surface area contributed by atoms with Crippen LogP contribution >= 0.6 is 0 Å². The van der Waals surface area contributed by atoms with Crippen molar-refractivity contribution >= 4 is 37.3 Å². The number of sulfonamides is 2. The third-order valence-electron chi connectivity index (χ3n) is 5.93. The van der Waals surface area contributed by atoms with Gasteiger partial charge in [-0.1, -0.05) is 31.4 Å². The van der Waals surface area contributed by atoms with Gasteiger partial charge in [0.15, 0.2) is 0 Å². The summed E-state index contributed by atoms with van der Waals surface area (Å²) >= 11 is 0. The number of hydrogen-bond acceptors (Lipinski definition) is 6. The van der Waals surface area contributed by atoms with Crippen molar-refractivity contribution in [1.29, 1.82) is 0 Å². The van der Waals surface area contributed by atoms with Gasteiger partial charge in [-0.05, 0) is 68.0 Å². The Morgan fingerprint density at radius 3 is 2.35 bits per heavy atom. The van der Waals surface area contributed by atoms with E-state index in [2.05, 4.69) is 15.4 Å². The number of fused-ring (bicyclic) bond motifs is 1. The van der Waals surface area contributed by atoms with Crippen LogP contribution < -0.4 is 20.5 Å². The molecule has 2 aromatic carbocycles. The average molecular weight is 509 g/mol. The Morgan fingerprint density at radius 1 is 1.09 bits per heavy atom. The van der Waals surface area contributed by atoms with E-state index in [4.69, 9.17) is 5.14 Å². The molecule has 9 nitrogen and oxygen atoms in total. The Morgan fingerprint density at radius 2 is 1.76 bits per heavy atom. The smallest absolute Gasteiger partial charge is 0.244 e. The van der Waals surface area contributed by atoms with Gasteiger partial charge in [0.2, 0.25) is 26.0 Å². The summed E-state index contributed by atoms with van der Waals surface area (Å²) in [6.45, 7) is 5.10. The summed E-state index contributed by atoms with van der Waals surface area (Å²) < 4.78 is 50.9. The molecule has 1 atom stereocenters. The summed E-state index contributed by atoms with van der Waals surface area (Å²) in [4.78, 5) is 10.4. The number of amides is 1. The van der Waals surface area contributed by atoms with E-state index in [0.717, 1.165) is 43.0 Å². The molecule has 0 saturated heterocycles. The maximum Gasteiger partial charge on any atom is 0.244 e. The second-order valence-electron chi connectivity index (χ2n) is 8.85. The fraction of sp³-hybridized carbons (Fsp3) is 0.435. The Kier molecular flexibility index (Phi) is 8.02. The number of nitrogens with one attached hydrogen (secondary N) is 3. The lowest BCUT2D eigenvalue weighted by atomic mass is 9.87. The summed E-state index contributed by atoms with van der Waals surface area (Å²) in [5.74, 6) is 0.209. The van der Waals surface area contributed by atoms with Crippen molar-refractivity contribution < 1.29 is 21.6 Å². The standard InChI is InChI=1S/C14H21N3O4S2.C9H11NO/c1-9-7-11-13(8-12(9)22(15,18)19)23(20,21)17-14(16-11)10-5-3-2-4-6-10;1-7-4-3-5-9(6-7)10-8(2)11/h7-8,10,14,16-17H,2-6H2,1H3,(H2,15,18,19);3-6H,1-2H3,(H,10,11). The molecule has 4 rings (SSSR count). The van der Waals surface area contributed by atoms with Crippen LogP contribution in [0.1, 0.15) is 50.2 Å². The predicted octanol–water partition coefficient (Wildman–Crippen LogP) is 3.21. The number of aryl methyl sites for hydroxylation is 2. The van der Waals surface area contributed by atoms with E-state index in [1.54, 1.807) is 13.0 Å². The van der Waals surface area contributed by atoms with E-state index in [1.807, 2.05) is 31.2 Å². The normalized spacial score (nSPS) is 19.7. The molecule has 186 valence electrons. The third kappa shape index (κ3) is 6.56. The topological polar surface area (TPSA) is 147 Å². The number of carbonyl (C=O) groups is 1. The van der Waals surface area contributed by atoms with Crippen LogP contribution in [0.3, 0.4) is 0 Å². The zero-order chi connectivity index (χ0) is 25.1. The van der Waals surface area contributed by atoms with Crippen molar-refractivity contribution in [2.24, 2.45) is 11.1 Å². The van der Waals surface area contributed by atoms with Crippen LogP contribution in [0, 0.1) is 19.8 Å². The molecule has 1 aliphatic carbocycles. The van der Waals surface area contributed by atoms with Crippen LogP contribution in [-0.2, 0) is 24.8 Å². The molecule has 1 unspecified atom stereocenters. The van der Waals surface area contributed by atoms with Crippen LogP contribution in [0.4, 0.5) is 11.4 Å². The fourth-order valence-electron chi connectivity index (χ4n) is 4.35. The quantitative estimate of drug-likeness (QED) is 0.500. The van der Waals surface area contributed by atoms with E-state index in [-0.39, 0.29) is 27.8 Å². The van der Waals surface area contributed by atoms with Crippen molar-refractivity contribution in [3.63, 3.8) is 0 Å². The Hall–Kier alpha value is -2.47. The van der Waals surface area contributed by atoms with Gasteiger partial charge in [-0.25, -0.2) is 22.0 Å². The maximum atomic E-state index is 12.5. The molecule has 0 radical (unpaired) electrons. The van der Waals surface area contributed by atoms with Crippen molar-refractivity contribution in [2.75, 3.05) is 10.6 Å². The fourth-order valence-corrected chi connectivity index (χ4v) is 6.60. The van der Waals surface area contributed by atoms with Gasteiger partial charge in [-0.2, -0.15) is 4.72 Å². The first kappa shape index (κ1) is 26.1. The van der Waals surface area contributed by atoms with Crippen LogP contribution in [0.5, 0.6) is 0 Å². The first-order chi connectivity index (χ1) is 15.9. The van der Waals surface area contributed by atoms with Crippen molar-refractivity contribution in [3.05, 3.63) is 47.5 Å². The van der Waals surface area contributed by atoms with Gasteiger partial charge in [-0.3, -0.25) is 4.79 Å². The number of rotatable bonds is 3. The highest BCUT2D eigenvalue weighted by Gasteiger charge is 2.35. The van der Waals surface area contributed by atoms with E-state index < -0.39 is 20.0 Å². The third-order valence-corrected chi connectivity index (χ3v) is 8.46. The number of anilines is 2. The molecule has 1 heterocycles. The molecule has 0 spiro atoms. The second kappa shape index (κ2) is 10.4. The molecule has 0 bridgehead atoms. The number of benzene rings is 2. The molecule has 0 aromatic heterocycles. The van der Waals surface area contributed by atoms with Crippen LogP contribution in [0.15, 0.2) is 46.2 Å². The minimum atomic E-state index is -3.97. The molecule has 1 saturated carbocycles. The maximum absolute atomic E-state index is 12.5. The molecule has 2 aromatic rings. The van der Waals surface area contributed by atoms with Crippen molar-refractivity contribution in [3.8, 4) is 0 Å². The zero-order valence-corrected chi connectivity index (χ0v) is 21.2. The highest BCUT2D eigenvalue weighted by atomic mass is 32.2. The molecular weight excluding hydrogens is 476 g/mol. The molecular formula is C23H32N4O5S2. The molecule has 34 heavy (non-hydrogen) atoms. The largest absolute Gasteiger partial charge is 0.368 e. The van der Waals surface area contributed by atoms with Gasteiger partial charge in [0.25, 0.3) is 0 Å². The Labute approximate surface area is 201 Å². The van der Waals surface area contributed by atoms with Gasteiger partial charge in [0, 0.05) is 12.6 Å². The minimum Gasteiger partial charge on any atom is -0.368 e. The molecule has 1 amide bonds. The minimum absolute atomic E-state index is 0.0319. The average Bonchev–Trinajstić information content (AvgIpc) is 2.72. The highest BCUT2D eigenvalue weighted by Crippen LogP contribution is 2.35. The Bertz CT molecular complexity index is 1270. The number of hydrogen-bond donors (Lipinski definition) is 4. The predicted molar refractivity (Wildman–Crippen MR) is 132 cm³/mol. The van der Waals surface area contributed by atoms with Gasteiger partial charge < -0.3 is 10.6 Å². The number of carbonyl (C=O) groups excluding carboxylic acids is 1. The van der Waals surface area contributed by atoms with Gasteiger partial charge in [0.1, 0.15) is 4.90 Å². The van der Waals surface area contributed by atoms with Crippen molar-refractivity contribution in [1.82, 2.24) is 4.72 Å². The summed E-state index contributed by atoms with van der Waals surface area (Å²) in [5, 5.41) is 11.1. The molecule has 5 N–H and O–H groups in total. The van der Waals surface area contributed by atoms with Crippen LogP contribution in [0.2, 0.25) is 0 Å². The summed E-state index contributed by atoms with van der Waals surface area (Å²) in [5.41, 5.74) is 2.87. The monoisotopic (exact) mass is 508 g/mol. The van der Waals surface area contributed by atoms with E-state index >= 15 is 0 Å². The SMILES string of the molecule is CC(=O)Nc1cccc(C)c1.Cc1cc2c(cc1S(N)(=O)=O)S(=O)(=O)NC(C1CCCCC1)N2. The van der Waals surface area contributed by atoms with Gasteiger partial charge in [-0.15, -0.1) is 0 Å². The molecule has 1 fully saturated rings. The zero-order valence-electron chi connectivity index (χ0n) is 19.6. The van der Waals surface area contributed by atoms with E-state index in [9.17, 15) is 21.6 Å². The van der Waals surface area contributed by atoms with Crippen LogP contribution in [-0.4, -0.2) is 28.9 Å². The lowest BCUT2D eigenvalue weighted by molar-refractivity contribution is -0.114. The van der Waals surface area contributed by atoms with E-state index in [0.29, 0.717) is 11.3 Å². The molecule has 11 heteroatoms. The lowest BCUT2D eigenvalue weighted by Gasteiger charge is -2.35. The highest BCUT2D eigenvalue weighted by molar-refractivity contribution is 7.90. The molecule has 2 aliphatic rings. The summed E-state index contributed by atoms with van der Waals surface area (Å²) in [6.07, 6.45) is 4.98. The Balaban J connectivity index is 0.000000248. The summed E-state index contributed by atoms with van der Waals surface area (Å²) in [7, 11) is -7.74. The number of primary sulfonamides is 1. The second-order valence-corrected chi connectivity index (χ2v) is 12.1.